The number of hydrogen-bond acceptors (Lipinski definition) is 6. The SMILES string of the molecule is CCOc1ccc(Cc2cc([C@@H]3O[C@H](CO)[C@@H](O)C(O)[C@H]3O)ccc2Cl)cc1. The van der Waals surface area contributed by atoms with Crippen LogP contribution in [0.2, 0.25) is 5.02 Å². The van der Waals surface area contributed by atoms with Gasteiger partial charge in [0.25, 0.3) is 0 Å². The third-order valence-electron chi connectivity index (χ3n) is 4.92. The zero-order valence-corrected chi connectivity index (χ0v) is 16.3. The van der Waals surface area contributed by atoms with Gasteiger partial charge in [-0.1, -0.05) is 35.9 Å². The van der Waals surface area contributed by atoms with Crippen molar-refractivity contribution in [3.63, 3.8) is 0 Å². The van der Waals surface area contributed by atoms with E-state index in [2.05, 4.69) is 0 Å². The Morgan fingerprint density at radius 2 is 1.71 bits per heavy atom. The molecule has 2 aromatic rings. The van der Waals surface area contributed by atoms with Crippen LogP contribution in [0, 0.1) is 0 Å². The number of rotatable bonds is 6. The van der Waals surface area contributed by atoms with Gasteiger partial charge in [0.05, 0.1) is 13.2 Å². The van der Waals surface area contributed by atoms with Gasteiger partial charge in [0, 0.05) is 5.02 Å². The Morgan fingerprint density at radius 3 is 2.36 bits per heavy atom. The molecular weight excluding hydrogens is 384 g/mol. The molecule has 0 aromatic heterocycles. The van der Waals surface area contributed by atoms with Crippen LogP contribution in [-0.4, -0.2) is 58.1 Å². The lowest BCUT2D eigenvalue weighted by Gasteiger charge is -2.40. The standard InChI is InChI=1S/C21H25ClO6/c1-2-27-15-6-3-12(4-7-15)9-14-10-13(5-8-16(14)22)21-20(26)19(25)18(24)17(11-23)28-21/h3-8,10,17-21,23-26H,2,9,11H2,1H3/t17-,18-,19?,20-,21+/m1/s1. The van der Waals surface area contributed by atoms with Gasteiger partial charge >= 0.3 is 0 Å². The van der Waals surface area contributed by atoms with Crippen molar-refractivity contribution in [2.24, 2.45) is 0 Å². The van der Waals surface area contributed by atoms with Gasteiger partial charge in [0.1, 0.15) is 36.3 Å². The number of ether oxygens (including phenoxy) is 2. The Hall–Kier alpha value is -1.67. The minimum absolute atomic E-state index is 0.464. The van der Waals surface area contributed by atoms with E-state index in [-0.39, 0.29) is 0 Å². The Labute approximate surface area is 168 Å². The minimum atomic E-state index is -1.42. The van der Waals surface area contributed by atoms with Crippen LogP contribution in [0.4, 0.5) is 0 Å². The maximum absolute atomic E-state index is 10.3. The van der Waals surface area contributed by atoms with Crippen LogP contribution in [0.5, 0.6) is 5.75 Å². The van der Waals surface area contributed by atoms with Crippen LogP contribution in [0.1, 0.15) is 29.7 Å². The number of halogens is 1. The molecule has 5 atom stereocenters. The summed E-state index contributed by atoms with van der Waals surface area (Å²) in [5, 5.41) is 40.3. The highest BCUT2D eigenvalue weighted by atomic mass is 35.5. The summed E-state index contributed by atoms with van der Waals surface area (Å²) in [7, 11) is 0. The normalized spacial score (nSPS) is 27.6. The molecule has 2 aromatic carbocycles. The van der Waals surface area contributed by atoms with Crippen molar-refractivity contribution in [1.29, 1.82) is 0 Å². The molecule has 0 amide bonds. The van der Waals surface area contributed by atoms with Crippen molar-refractivity contribution >= 4 is 11.6 Å². The second kappa shape index (κ2) is 9.22. The Kier molecular flexibility index (Phi) is 6.93. The average molecular weight is 409 g/mol. The van der Waals surface area contributed by atoms with E-state index in [1.807, 2.05) is 37.3 Å². The van der Waals surface area contributed by atoms with Crippen molar-refractivity contribution in [1.82, 2.24) is 0 Å². The van der Waals surface area contributed by atoms with Gasteiger partial charge in [-0.15, -0.1) is 0 Å². The van der Waals surface area contributed by atoms with Crippen LogP contribution in [0.15, 0.2) is 42.5 Å². The van der Waals surface area contributed by atoms with Crippen LogP contribution >= 0.6 is 11.6 Å². The van der Waals surface area contributed by atoms with E-state index in [0.29, 0.717) is 23.6 Å². The van der Waals surface area contributed by atoms with Crippen LogP contribution in [-0.2, 0) is 11.2 Å². The fourth-order valence-electron chi connectivity index (χ4n) is 3.37. The molecule has 0 aliphatic carbocycles. The molecule has 0 spiro atoms. The van der Waals surface area contributed by atoms with Gasteiger partial charge in [-0.2, -0.15) is 0 Å². The lowest BCUT2D eigenvalue weighted by molar-refractivity contribution is -0.231. The molecule has 1 fully saturated rings. The van der Waals surface area contributed by atoms with Gasteiger partial charge in [0.15, 0.2) is 0 Å². The van der Waals surface area contributed by atoms with Crippen LogP contribution < -0.4 is 4.74 Å². The minimum Gasteiger partial charge on any atom is -0.494 e. The monoisotopic (exact) mass is 408 g/mol. The quantitative estimate of drug-likeness (QED) is 0.582. The van der Waals surface area contributed by atoms with Gasteiger partial charge in [-0.25, -0.2) is 0 Å². The zero-order valence-electron chi connectivity index (χ0n) is 15.5. The van der Waals surface area contributed by atoms with Gasteiger partial charge in [-0.3, -0.25) is 0 Å². The Balaban J connectivity index is 1.82. The van der Waals surface area contributed by atoms with Crippen molar-refractivity contribution in [2.45, 2.75) is 43.9 Å². The van der Waals surface area contributed by atoms with E-state index in [9.17, 15) is 20.4 Å². The van der Waals surface area contributed by atoms with E-state index < -0.39 is 37.1 Å². The average Bonchev–Trinajstić information content (AvgIpc) is 2.70. The zero-order chi connectivity index (χ0) is 20.3. The predicted octanol–water partition coefficient (Wildman–Crippen LogP) is 1.84. The fourth-order valence-corrected chi connectivity index (χ4v) is 3.56. The molecule has 6 nitrogen and oxygen atoms in total. The number of hydrogen-bond donors (Lipinski definition) is 4. The Bertz CT molecular complexity index is 779. The highest BCUT2D eigenvalue weighted by molar-refractivity contribution is 6.31. The summed E-state index contributed by atoms with van der Waals surface area (Å²) in [4.78, 5) is 0. The molecule has 1 aliphatic heterocycles. The molecule has 0 saturated carbocycles. The second-order valence-corrected chi connectivity index (χ2v) is 7.26. The first-order valence-electron chi connectivity index (χ1n) is 9.25. The summed E-state index contributed by atoms with van der Waals surface area (Å²) < 4.78 is 11.1. The largest absolute Gasteiger partial charge is 0.494 e. The van der Waals surface area contributed by atoms with Crippen molar-refractivity contribution in [3.05, 3.63) is 64.2 Å². The van der Waals surface area contributed by atoms with Gasteiger partial charge < -0.3 is 29.9 Å². The maximum Gasteiger partial charge on any atom is 0.119 e. The van der Waals surface area contributed by atoms with Crippen LogP contribution in [0.25, 0.3) is 0 Å². The summed E-state index contributed by atoms with van der Waals surface area (Å²) in [6, 6.07) is 12.9. The second-order valence-electron chi connectivity index (χ2n) is 6.85. The van der Waals surface area contributed by atoms with E-state index >= 15 is 0 Å². The smallest absolute Gasteiger partial charge is 0.119 e. The molecule has 0 radical (unpaired) electrons. The lowest BCUT2D eigenvalue weighted by atomic mass is 9.90. The molecule has 1 saturated heterocycles. The summed E-state index contributed by atoms with van der Waals surface area (Å²) in [6.45, 7) is 2.07. The molecule has 0 bridgehead atoms. The van der Waals surface area contributed by atoms with Gasteiger partial charge in [0.2, 0.25) is 0 Å². The molecule has 1 heterocycles. The van der Waals surface area contributed by atoms with Crippen molar-refractivity contribution in [2.75, 3.05) is 13.2 Å². The molecular formula is C21H25ClO6. The van der Waals surface area contributed by atoms with E-state index in [1.54, 1.807) is 12.1 Å². The van der Waals surface area contributed by atoms with E-state index in [0.717, 1.165) is 16.9 Å². The molecule has 28 heavy (non-hydrogen) atoms. The molecule has 4 N–H and O–H groups in total. The lowest BCUT2D eigenvalue weighted by Crippen LogP contribution is -2.55. The van der Waals surface area contributed by atoms with Crippen molar-refractivity contribution < 1.29 is 29.9 Å². The molecule has 152 valence electrons. The highest BCUT2D eigenvalue weighted by Gasteiger charge is 2.43. The molecule has 7 heteroatoms. The summed E-state index contributed by atoms with van der Waals surface area (Å²) >= 11 is 6.35. The topological polar surface area (TPSA) is 99.4 Å². The van der Waals surface area contributed by atoms with Crippen LogP contribution in [0.3, 0.4) is 0 Å². The first-order valence-corrected chi connectivity index (χ1v) is 9.63. The highest BCUT2D eigenvalue weighted by Crippen LogP contribution is 2.34. The molecule has 3 rings (SSSR count). The van der Waals surface area contributed by atoms with E-state index in [4.69, 9.17) is 21.1 Å². The third kappa shape index (κ3) is 4.49. The number of benzene rings is 2. The van der Waals surface area contributed by atoms with Crippen molar-refractivity contribution in [3.8, 4) is 5.75 Å². The molecule has 1 unspecified atom stereocenters. The fraction of sp³-hybridized carbons (Fsp3) is 0.429. The Morgan fingerprint density at radius 1 is 1.00 bits per heavy atom. The molecule has 1 aliphatic rings. The number of aliphatic hydroxyl groups excluding tert-OH is 4. The van der Waals surface area contributed by atoms with E-state index in [1.165, 1.54) is 0 Å². The summed E-state index contributed by atoms with van der Waals surface area (Å²) in [5.74, 6) is 0.799. The van der Waals surface area contributed by atoms with Gasteiger partial charge in [-0.05, 0) is 48.2 Å². The first-order chi connectivity index (χ1) is 13.4. The number of aliphatic hydroxyl groups is 4. The summed E-state index contributed by atoms with van der Waals surface area (Å²) in [6.07, 6.45) is -5.39. The first kappa shape index (κ1) is 21.0. The summed E-state index contributed by atoms with van der Waals surface area (Å²) in [5.41, 5.74) is 2.49. The predicted molar refractivity (Wildman–Crippen MR) is 105 cm³/mol. The third-order valence-corrected chi connectivity index (χ3v) is 5.29. The maximum atomic E-state index is 10.3.